The second kappa shape index (κ2) is 8.16. The van der Waals surface area contributed by atoms with Crippen LogP contribution in [0.1, 0.15) is 16.8 Å². The fraction of sp³-hybridized carbons (Fsp3) is 0.273. The molecule has 3 rings (SSSR count). The maximum atomic E-state index is 13.6. The summed E-state index contributed by atoms with van der Waals surface area (Å²) in [6.45, 7) is 4.58. The molecule has 3 aromatic rings. The number of aromatic nitrogens is 1. The maximum Gasteiger partial charge on any atom is 0.226 e. The van der Waals surface area contributed by atoms with Crippen molar-refractivity contribution in [2.24, 2.45) is 0 Å². The molecule has 1 heterocycles. The van der Waals surface area contributed by atoms with Crippen molar-refractivity contribution < 1.29 is 13.9 Å². The highest BCUT2D eigenvalue weighted by atomic mass is 19.1. The first kappa shape index (κ1) is 18.8. The van der Waals surface area contributed by atoms with Crippen LogP contribution in [-0.2, 0) is 11.2 Å². The summed E-state index contributed by atoms with van der Waals surface area (Å²) in [7, 11) is 1.73. The number of carbonyl (C=O) groups excluding carboxylic acids is 1. The largest absolute Gasteiger partial charge is 0.489 e. The van der Waals surface area contributed by atoms with Crippen molar-refractivity contribution in [1.82, 2.24) is 9.88 Å². The predicted molar refractivity (Wildman–Crippen MR) is 104 cm³/mol. The number of hydrogen-bond donors (Lipinski definition) is 0. The normalized spacial score (nSPS) is 10.8. The molecule has 0 aliphatic rings. The lowest BCUT2D eigenvalue weighted by molar-refractivity contribution is -0.129. The fourth-order valence-corrected chi connectivity index (χ4v) is 3.10. The zero-order valence-corrected chi connectivity index (χ0v) is 15.8. The number of likely N-dealkylation sites (N-methyl/N-ethyl adjacent to an activating group) is 1. The van der Waals surface area contributed by atoms with Crippen LogP contribution in [0.15, 0.2) is 48.5 Å². The minimum atomic E-state index is -0.403. The molecule has 2 aromatic carbocycles. The van der Waals surface area contributed by atoms with E-state index in [2.05, 4.69) is 4.98 Å². The average Bonchev–Trinajstić information content (AvgIpc) is 2.66. The van der Waals surface area contributed by atoms with E-state index in [0.717, 1.165) is 27.7 Å². The summed E-state index contributed by atoms with van der Waals surface area (Å²) >= 11 is 0. The zero-order valence-electron chi connectivity index (χ0n) is 15.8. The number of ether oxygens (including phenoxy) is 1. The predicted octanol–water partition coefficient (Wildman–Crippen LogP) is 4.07. The fourth-order valence-electron chi connectivity index (χ4n) is 3.10. The van der Waals surface area contributed by atoms with Crippen LogP contribution in [0.2, 0.25) is 0 Å². The van der Waals surface area contributed by atoms with Gasteiger partial charge in [0.25, 0.3) is 0 Å². The molecule has 0 spiro atoms. The topological polar surface area (TPSA) is 42.4 Å². The number of amides is 1. The van der Waals surface area contributed by atoms with E-state index < -0.39 is 5.82 Å². The van der Waals surface area contributed by atoms with Crippen molar-refractivity contribution in [2.45, 2.75) is 20.3 Å². The van der Waals surface area contributed by atoms with Crippen molar-refractivity contribution >= 4 is 16.8 Å². The molecule has 0 N–H and O–H groups in total. The van der Waals surface area contributed by atoms with E-state index in [1.807, 2.05) is 38.1 Å². The van der Waals surface area contributed by atoms with E-state index in [1.165, 1.54) is 6.07 Å². The zero-order chi connectivity index (χ0) is 19.4. The molecule has 0 bridgehead atoms. The van der Waals surface area contributed by atoms with Crippen LogP contribution in [0.4, 0.5) is 4.39 Å². The minimum Gasteiger partial charge on any atom is -0.489 e. The van der Waals surface area contributed by atoms with Crippen molar-refractivity contribution in [3.8, 4) is 5.75 Å². The van der Waals surface area contributed by atoms with E-state index in [0.29, 0.717) is 6.54 Å². The Hall–Kier alpha value is -2.95. The van der Waals surface area contributed by atoms with Gasteiger partial charge >= 0.3 is 0 Å². The first-order valence-electron chi connectivity index (χ1n) is 8.93. The third-order valence-corrected chi connectivity index (χ3v) is 4.76. The quantitative estimate of drug-likeness (QED) is 0.660. The molecule has 0 radical (unpaired) electrons. The highest BCUT2D eigenvalue weighted by Gasteiger charge is 2.16. The van der Waals surface area contributed by atoms with Gasteiger partial charge in [-0.15, -0.1) is 0 Å². The molecule has 0 atom stereocenters. The standard InChI is InChI=1S/C22H23FN2O2/c1-15-17-8-4-6-10-20(17)24-16(2)18(15)14-22(26)25(3)12-13-27-21-11-7-5-9-19(21)23/h4-11H,12-14H2,1-3H3. The Kier molecular flexibility index (Phi) is 5.69. The molecule has 0 saturated heterocycles. The Morgan fingerprint density at radius 2 is 1.81 bits per heavy atom. The highest BCUT2D eigenvalue weighted by Crippen LogP contribution is 2.23. The number of hydrogen-bond acceptors (Lipinski definition) is 3. The summed E-state index contributed by atoms with van der Waals surface area (Å²) < 4.78 is 19.0. The number of aryl methyl sites for hydroxylation is 2. The number of pyridine rings is 1. The molecule has 0 aliphatic heterocycles. The van der Waals surface area contributed by atoms with Gasteiger partial charge in [0.05, 0.1) is 18.5 Å². The number of halogens is 1. The van der Waals surface area contributed by atoms with E-state index >= 15 is 0 Å². The Balaban J connectivity index is 1.64. The number of carbonyl (C=O) groups is 1. The molecule has 27 heavy (non-hydrogen) atoms. The molecule has 4 nitrogen and oxygen atoms in total. The molecule has 140 valence electrons. The van der Waals surface area contributed by atoms with Gasteiger partial charge in [-0.3, -0.25) is 9.78 Å². The summed E-state index contributed by atoms with van der Waals surface area (Å²) in [6.07, 6.45) is 0.283. The smallest absolute Gasteiger partial charge is 0.226 e. The Morgan fingerprint density at radius 1 is 1.11 bits per heavy atom. The van der Waals surface area contributed by atoms with Crippen LogP contribution < -0.4 is 4.74 Å². The SMILES string of the molecule is Cc1nc2ccccc2c(C)c1CC(=O)N(C)CCOc1ccccc1F. The second-order valence-corrected chi connectivity index (χ2v) is 6.59. The van der Waals surface area contributed by atoms with Crippen molar-refractivity contribution in [3.63, 3.8) is 0 Å². The van der Waals surface area contributed by atoms with E-state index in [4.69, 9.17) is 4.74 Å². The first-order valence-corrected chi connectivity index (χ1v) is 8.93. The Morgan fingerprint density at radius 3 is 2.59 bits per heavy atom. The van der Waals surface area contributed by atoms with Crippen LogP contribution in [-0.4, -0.2) is 36.0 Å². The van der Waals surface area contributed by atoms with Crippen LogP contribution >= 0.6 is 0 Å². The summed E-state index contributed by atoms with van der Waals surface area (Å²) in [5, 5.41) is 1.07. The third-order valence-electron chi connectivity index (χ3n) is 4.76. The van der Waals surface area contributed by atoms with Crippen LogP contribution in [0.25, 0.3) is 10.9 Å². The highest BCUT2D eigenvalue weighted by molar-refractivity contribution is 5.86. The van der Waals surface area contributed by atoms with Gasteiger partial charge in [0.15, 0.2) is 11.6 Å². The van der Waals surface area contributed by atoms with Gasteiger partial charge < -0.3 is 9.64 Å². The van der Waals surface area contributed by atoms with Crippen molar-refractivity contribution in [1.29, 1.82) is 0 Å². The van der Waals surface area contributed by atoms with Gasteiger partial charge in [0.2, 0.25) is 5.91 Å². The summed E-state index contributed by atoms with van der Waals surface area (Å²) in [5.41, 5.74) is 3.86. The minimum absolute atomic E-state index is 0.0181. The van der Waals surface area contributed by atoms with E-state index in [-0.39, 0.29) is 24.7 Å². The van der Waals surface area contributed by atoms with Gasteiger partial charge in [-0.2, -0.15) is 0 Å². The lowest BCUT2D eigenvalue weighted by Crippen LogP contribution is -2.32. The number of rotatable bonds is 6. The summed E-state index contributed by atoms with van der Waals surface area (Å²) in [5.74, 6) is -0.223. The molecule has 5 heteroatoms. The van der Waals surface area contributed by atoms with Gasteiger partial charge in [0, 0.05) is 18.1 Å². The third kappa shape index (κ3) is 4.25. The van der Waals surface area contributed by atoms with E-state index in [9.17, 15) is 9.18 Å². The van der Waals surface area contributed by atoms with Crippen LogP contribution in [0, 0.1) is 19.7 Å². The molecule has 0 fully saturated rings. The van der Waals surface area contributed by atoms with Crippen molar-refractivity contribution in [3.05, 3.63) is 71.2 Å². The van der Waals surface area contributed by atoms with Gasteiger partial charge in [-0.1, -0.05) is 30.3 Å². The molecular weight excluding hydrogens is 343 g/mol. The Bertz CT molecular complexity index is 972. The van der Waals surface area contributed by atoms with Gasteiger partial charge in [-0.05, 0) is 43.2 Å². The molecule has 0 saturated carbocycles. The number of benzene rings is 2. The van der Waals surface area contributed by atoms with Gasteiger partial charge in [0.1, 0.15) is 6.61 Å². The van der Waals surface area contributed by atoms with Crippen LogP contribution in [0.3, 0.4) is 0 Å². The van der Waals surface area contributed by atoms with E-state index in [1.54, 1.807) is 30.1 Å². The second-order valence-electron chi connectivity index (χ2n) is 6.59. The molecule has 1 aromatic heterocycles. The number of fused-ring (bicyclic) bond motifs is 1. The number of nitrogens with zero attached hydrogens (tertiary/aromatic N) is 2. The van der Waals surface area contributed by atoms with Gasteiger partial charge in [-0.25, -0.2) is 4.39 Å². The molecular formula is C22H23FN2O2. The van der Waals surface area contributed by atoms with Crippen molar-refractivity contribution in [2.75, 3.05) is 20.2 Å². The molecule has 0 unspecified atom stereocenters. The number of para-hydroxylation sites is 2. The summed E-state index contributed by atoms with van der Waals surface area (Å²) in [4.78, 5) is 18.9. The molecule has 0 aliphatic carbocycles. The lowest BCUT2D eigenvalue weighted by atomic mass is 9.99. The van der Waals surface area contributed by atoms with Crippen LogP contribution in [0.5, 0.6) is 5.75 Å². The summed E-state index contributed by atoms with van der Waals surface area (Å²) in [6, 6.07) is 14.2. The lowest BCUT2D eigenvalue weighted by Gasteiger charge is -2.19. The maximum absolute atomic E-state index is 13.6. The Labute approximate surface area is 158 Å². The average molecular weight is 366 g/mol. The first-order chi connectivity index (χ1) is 13.0. The molecule has 1 amide bonds. The monoisotopic (exact) mass is 366 g/mol.